The minimum absolute atomic E-state index is 0.0559. The maximum atomic E-state index is 6.37. The van der Waals surface area contributed by atoms with E-state index in [1.807, 2.05) is 23.6 Å². The first-order valence-electron chi connectivity index (χ1n) is 6.13. The molecule has 6 heteroatoms. The van der Waals surface area contributed by atoms with Crippen molar-refractivity contribution in [1.82, 2.24) is 0 Å². The topological polar surface area (TPSA) is 18.5 Å². The standard InChI is InChI=1S/C14H11BrCl2O2S/c15-13(14-9(16)2-5-20-14)8-6-11-12(7-10(8)17)19-4-1-3-18-11/h2,5-7,13H,1,3-4H2. The third-order valence-corrected chi connectivity index (χ3v) is 6.02. The monoisotopic (exact) mass is 392 g/mol. The molecule has 1 unspecified atom stereocenters. The van der Waals surface area contributed by atoms with E-state index in [1.165, 1.54) is 0 Å². The molecule has 2 aromatic rings. The van der Waals surface area contributed by atoms with Crippen LogP contribution in [0.25, 0.3) is 0 Å². The summed E-state index contributed by atoms with van der Waals surface area (Å²) >= 11 is 17.8. The predicted octanol–water partition coefficient (Wildman–Crippen LogP) is 5.70. The average molecular weight is 394 g/mol. The molecule has 1 aromatic carbocycles. The lowest BCUT2D eigenvalue weighted by Crippen LogP contribution is -1.97. The number of halogens is 3. The maximum Gasteiger partial charge on any atom is 0.162 e. The Morgan fingerprint density at radius 1 is 1.10 bits per heavy atom. The van der Waals surface area contributed by atoms with Gasteiger partial charge in [0.25, 0.3) is 0 Å². The molecule has 2 heterocycles. The zero-order valence-electron chi connectivity index (χ0n) is 10.4. The van der Waals surface area contributed by atoms with Gasteiger partial charge in [0.1, 0.15) is 0 Å². The first kappa shape index (κ1) is 14.5. The van der Waals surface area contributed by atoms with E-state index in [9.17, 15) is 0 Å². The van der Waals surface area contributed by atoms with Gasteiger partial charge in [0.2, 0.25) is 0 Å². The lowest BCUT2D eigenvalue weighted by atomic mass is 10.1. The molecule has 106 valence electrons. The van der Waals surface area contributed by atoms with Crippen LogP contribution in [-0.4, -0.2) is 13.2 Å². The second-order valence-electron chi connectivity index (χ2n) is 4.37. The molecule has 0 aliphatic carbocycles. The van der Waals surface area contributed by atoms with E-state index in [4.69, 9.17) is 32.7 Å². The van der Waals surface area contributed by atoms with Gasteiger partial charge in [-0.05, 0) is 23.1 Å². The zero-order chi connectivity index (χ0) is 14.1. The molecule has 0 N–H and O–H groups in total. The Hall–Kier alpha value is -0.420. The molecule has 0 bridgehead atoms. The second-order valence-corrected chi connectivity index (χ2v) is 7.04. The Balaban J connectivity index is 2.01. The van der Waals surface area contributed by atoms with Gasteiger partial charge < -0.3 is 9.47 Å². The van der Waals surface area contributed by atoms with Gasteiger partial charge in [-0.2, -0.15) is 0 Å². The van der Waals surface area contributed by atoms with Crippen molar-refractivity contribution in [3.8, 4) is 11.5 Å². The van der Waals surface area contributed by atoms with E-state index in [1.54, 1.807) is 11.3 Å². The number of benzene rings is 1. The molecule has 1 aromatic heterocycles. The van der Waals surface area contributed by atoms with Gasteiger partial charge in [0, 0.05) is 22.4 Å². The fourth-order valence-electron chi connectivity index (χ4n) is 2.02. The van der Waals surface area contributed by atoms with E-state index in [2.05, 4.69) is 15.9 Å². The van der Waals surface area contributed by atoms with Crippen LogP contribution < -0.4 is 9.47 Å². The minimum atomic E-state index is -0.0559. The van der Waals surface area contributed by atoms with Crippen LogP contribution in [0.1, 0.15) is 21.7 Å². The van der Waals surface area contributed by atoms with Crippen LogP contribution in [-0.2, 0) is 0 Å². The maximum absolute atomic E-state index is 6.37. The summed E-state index contributed by atoms with van der Waals surface area (Å²) < 4.78 is 11.3. The van der Waals surface area contributed by atoms with Crippen LogP contribution >= 0.6 is 50.5 Å². The van der Waals surface area contributed by atoms with Crippen LogP contribution in [0.15, 0.2) is 23.6 Å². The third kappa shape index (κ3) is 2.80. The summed E-state index contributed by atoms with van der Waals surface area (Å²) in [7, 11) is 0. The zero-order valence-corrected chi connectivity index (χ0v) is 14.3. The fraction of sp³-hybridized carbons (Fsp3) is 0.286. The largest absolute Gasteiger partial charge is 0.490 e. The van der Waals surface area contributed by atoms with Crippen molar-refractivity contribution in [2.75, 3.05) is 13.2 Å². The van der Waals surface area contributed by atoms with Gasteiger partial charge in [-0.1, -0.05) is 39.1 Å². The smallest absolute Gasteiger partial charge is 0.162 e. The lowest BCUT2D eigenvalue weighted by Gasteiger charge is -2.15. The van der Waals surface area contributed by atoms with Crippen LogP contribution in [0.2, 0.25) is 10.0 Å². The SMILES string of the molecule is Clc1cc2c(cc1C(Br)c1sccc1Cl)OCCCO2. The van der Waals surface area contributed by atoms with E-state index in [0.717, 1.165) is 27.6 Å². The van der Waals surface area contributed by atoms with Crippen LogP contribution in [0.4, 0.5) is 0 Å². The minimum Gasteiger partial charge on any atom is -0.490 e. The molecule has 3 rings (SSSR count). The number of hydrogen-bond donors (Lipinski definition) is 0. The molecule has 2 nitrogen and oxygen atoms in total. The summed E-state index contributed by atoms with van der Waals surface area (Å²) in [5.74, 6) is 1.44. The highest BCUT2D eigenvalue weighted by atomic mass is 79.9. The van der Waals surface area contributed by atoms with Crippen molar-refractivity contribution in [3.63, 3.8) is 0 Å². The fourth-order valence-corrected chi connectivity index (χ4v) is 4.66. The Morgan fingerprint density at radius 2 is 1.80 bits per heavy atom. The van der Waals surface area contributed by atoms with Crippen LogP contribution in [0.5, 0.6) is 11.5 Å². The number of thiophene rings is 1. The Labute approximate surface area is 139 Å². The van der Waals surface area contributed by atoms with Crippen molar-refractivity contribution < 1.29 is 9.47 Å². The molecule has 0 saturated heterocycles. The number of hydrogen-bond acceptors (Lipinski definition) is 3. The quantitative estimate of drug-likeness (QED) is 0.609. The predicted molar refractivity (Wildman–Crippen MR) is 87.2 cm³/mol. The van der Waals surface area contributed by atoms with Gasteiger partial charge in [0.05, 0.1) is 23.1 Å². The van der Waals surface area contributed by atoms with E-state index in [0.29, 0.717) is 24.0 Å². The molecular weight excluding hydrogens is 383 g/mol. The average Bonchev–Trinajstić information content (AvgIpc) is 2.72. The molecule has 0 amide bonds. The van der Waals surface area contributed by atoms with Gasteiger partial charge in [-0.3, -0.25) is 0 Å². The van der Waals surface area contributed by atoms with Crippen LogP contribution in [0.3, 0.4) is 0 Å². The normalized spacial score (nSPS) is 15.8. The van der Waals surface area contributed by atoms with E-state index in [-0.39, 0.29) is 4.83 Å². The Morgan fingerprint density at radius 3 is 2.45 bits per heavy atom. The molecule has 1 aliphatic rings. The van der Waals surface area contributed by atoms with Crippen molar-refractivity contribution in [2.45, 2.75) is 11.2 Å². The van der Waals surface area contributed by atoms with Crippen molar-refractivity contribution in [1.29, 1.82) is 0 Å². The Bertz CT molecular complexity index is 630. The summed E-state index contributed by atoms with van der Waals surface area (Å²) in [6.07, 6.45) is 0.871. The summed E-state index contributed by atoms with van der Waals surface area (Å²) in [5, 5.41) is 3.34. The highest BCUT2D eigenvalue weighted by molar-refractivity contribution is 9.09. The summed E-state index contributed by atoms with van der Waals surface area (Å²) in [5.41, 5.74) is 0.931. The second kappa shape index (κ2) is 6.14. The van der Waals surface area contributed by atoms with Crippen molar-refractivity contribution >= 4 is 50.5 Å². The van der Waals surface area contributed by atoms with E-state index < -0.39 is 0 Å². The van der Waals surface area contributed by atoms with Gasteiger partial charge in [-0.25, -0.2) is 0 Å². The highest BCUT2D eigenvalue weighted by Gasteiger charge is 2.22. The van der Waals surface area contributed by atoms with Crippen molar-refractivity contribution in [2.24, 2.45) is 0 Å². The molecule has 1 aliphatic heterocycles. The van der Waals surface area contributed by atoms with Crippen LogP contribution in [0, 0.1) is 0 Å². The molecule has 0 fully saturated rings. The van der Waals surface area contributed by atoms with Gasteiger partial charge in [0.15, 0.2) is 11.5 Å². The van der Waals surface area contributed by atoms with E-state index >= 15 is 0 Å². The van der Waals surface area contributed by atoms with Gasteiger partial charge >= 0.3 is 0 Å². The number of ether oxygens (including phenoxy) is 2. The molecule has 20 heavy (non-hydrogen) atoms. The first-order valence-corrected chi connectivity index (χ1v) is 8.68. The highest BCUT2D eigenvalue weighted by Crippen LogP contribution is 2.45. The number of rotatable bonds is 2. The van der Waals surface area contributed by atoms with Gasteiger partial charge in [-0.15, -0.1) is 11.3 Å². The molecule has 0 spiro atoms. The Kier molecular flexibility index (Phi) is 4.46. The molecule has 1 atom stereocenters. The summed E-state index contributed by atoms with van der Waals surface area (Å²) in [6.45, 7) is 1.30. The van der Waals surface area contributed by atoms with Crippen molar-refractivity contribution in [3.05, 3.63) is 44.1 Å². The molecule has 0 saturated carbocycles. The summed E-state index contributed by atoms with van der Waals surface area (Å²) in [6, 6.07) is 5.62. The third-order valence-electron chi connectivity index (χ3n) is 3.01. The number of fused-ring (bicyclic) bond motifs is 1. The molecule has 0 radical (unpaired) electrons. The molecular formula is C14H11BrCl2O2S. The summed E-state index contributed by atoms with van der Waals surface area (Å²) in [4.78, 5) is 0.975. The first-order chi connectivity index (χ1) is 9.66. The lowest BCUT2D eigenvalue weighted by molar-refractivity contribution is 0.297. The number of alkyl halides is 1.